The van der Waals surface area contributed by atoms with Gasteiger partial charge < -0.3 is 20.7 Å². The molecule has 0 aliphatic heterocycles. The summed E-state index contributed by atoms with van der Waals surface area (Å²) in [6.45, 7) is 1.99. The second-order valence-corrected chi connectivity index (χ2v) is 4.79. The van der Waals surface area contributed by atoms with Gasteiger partial charge in [0.1, 0.15) is 6.04 Å². The summed E-state index contributed by atoms with van der Waals surface area (Å²) in [6.07, 6.45) is 1.92. The Kier molecular flexibility index (Phi) is 5.63. The van der Waals surface area contributed by atoms with Gasteiger partial charge >= 0.3 is 5.97 Å². The molecule has 0 saturated carbocycles. The highest BCUT2D eigenvalue weighted by Crippen LogP contribution is 2.30. The lowest BCUT2D eigenvalue weighted by atomic mass is 9.94. The first-order chi connectivity index (χ1) is 8.95. The van der Waals surface area contributed by atoms with E-state index >= 15 is 0 Å². The molecule has 5 heteroatoms. The Morgan fingerprint density at radius 1 is 1.42 bits per heavy atom. The summed E-state index contributed by atoms with van der Waals surface area (Å²) in [5.41, 5.74) is 6.38. The van der Waals surface area contributed by atoms with Crippen molar-refractivity contribution in [2.45, 2.75) is 32.2 Å². The lowest BCUT2D eigenvalue weighted by molar-refractivity contribution is -0.142. The van der Waals surface area contributed by atoms with Crippen molar-refractivity contribution in [3.8, 4) is 11.5 Å². The zero-order valence-corrected chi connectivity index (χ0v) is 11.3. The molecule has 0 aliphatic carbocycles. The quantitative estimate of drug-likeness (QED) is 0.537. The van der Waals surface area contributed by atoms with Gasteiger partial charge in [-0.3, -0.25) is 4.79 Å². The minimum absolute atomic E-state index is 0.0769. The van der Waals surface area contributed by atoms with E-state index in [1.165, 1.54) is 13.2 Å². The van der Waals surface area contributed by atoms with E-state index in [1.807, 2.05) is 6.92 Å². The molecule has 0 fully saturated rings. The average Bonchev–Trinajstić information content (AvgIpc) is 2.39. The third-order valence-electron chi connectivity index (χ3n) is 3.16. The normalized spacial score (nSPS) is 13.8. The Morgan fingerprint density at radius 2 is 2.11 bits per heavy atom. The summed E-state index contributed by atoms with van der Waals surface area (Å²) >= 11 is 0. The Balaban J connectivity index is 2.48. The summed E-state index contributed by atoms with van der Waals surface area (Å²) < 4.78 is 4.57. The molecule has 1 aromatic carbocycles. The van der Waals surface area contributed by atoms with Gasteiger partial charge in [-0.15, -0.1) is 0 Å². The van der Waals surface area contributed by atoms with Gasteiger partial charge in [0.2, 0.25) is 0 Å². The summed E-state index contributed by atoms with van der Waals surface area (Å²) in [7, 11) is 1.32. The molecule has 0 bridgehead atoms. The van der Waals surface area contributed by atoms with Gasteiger partial charge in [-0.25, -0.2) is 0 Å². The predicted molar refractivity (Wildman–Crippen MR) is 71.9 cm³/mol. The Morgan fingerprint density at radius 3 is 2.74 bits per heavy atom. The van der Waals surface area contributed by atoms with Crippen LogP contribution in [0.25, 0.3) is 0 Å². The van der Waals surface area contributed by atoms with E-state index in [2.05, 4.69) is 4.74 Å². The molecule has 1 rings (SSSR count). The van der Waals surface area contributed by atoms with Crippen molar-refractivity contribution in [2.24, 2.45) is 11.7 Å². The van der Waals surface area contributed by atoms with Crippen molar-refractivity contribution in [2.75, 3.05) is 7.11 Å². The number of benzene rings is 1. The molecule has 5 nitrogen and oxygen atoms in total. The first-order valence-corrected chi connectivity index (χ1v) is 6.29. The minimum Gasteiger partial charge on any atom is -0.504 e. The molecule has 2 unspecified atom stereocenters. The lowest BCUT2D eigenvalue weighted by Gasteiger charge is -2.15. The van der Waals surface area contributed by atoms with Gasteiger partial charge in [-0.1, -0.05) is 19.1 Å². The molecule has 0 spiro atoms. The van der Waals surface area contributed by atoms with Crippen LogP contribution in [0, 0.1) is 5.92 Å². The van der Waals surface area contributed by atoms with Crippen molar-refractivity contribution in [1.29, 1.82) is 0 Å². The third-order valence-corrected chi connectivity index (χ3v) is 3.16. The SMILES string of the molecule is COC(=O)C(N)CC(C)CCc1cccc(O)c1O. The Labute approximate surface area is 113 Å². The topological polar surface area (TPSA) is 92.8 Å². The van der Waals surface area contributed by atoms with E-state index in [0.29, 0.717) is 18.4 Å². The van der Waals surface area contributed by atoms with Crippen molar-refractivity contribution < 1.29 is 19.7 Å². The molecule has 19 heavy (non-hydrogen) atoms. The highest BCUT2D eigenvalue weighted by molar-refractivity contribution is 5.75. The lowest BCUT2D eigenvalue weighted by Crippen LogP contribution is -2.33. The summed E-state index contributed by atoms with van der Waals surface area (Å²) in [5.74, 6) is -0.383. The van der Waals surface area contributed by atoms with Crippen LogP contribution < -0.4 is 5.73 Å². The van der Waals surface area contributed by atoms with E-state index in [9.17, 15) is 15.0 Å². The molecular formula is C14H21NO4. The monoisotopic (exact) mass is 267 g/mol. The highest BCUT2D eigenvalue weighted by atomic mass is 16.5. The number of carbonyl (C=O) groups excluding carboxylic acids is 1. The third kappa shape index (κ3) is 4.44. The number of aromatic hydroxyl groups is 2. The predicted octanol–water partition coefficient (Wildman–Crippen LogP) is 1.56. The first-order valence-electron chi connectivity index (χ1n) is 6.29. The molecule has 4 N–H and O–H groups in total. The van der Waals surface area contributed by atoms with Crippen molar-refractivity contribution in [1.82, 2.24) is 0 Å². The second kappa shape index (κ2) is 6.99. The fourth-order valence-electron chi connectivity index (χ4n) is 1.98. The number of methoxy groups -OCH3 is 1. The summed E-state index contributed by atoms with van der Waals surface area (Å²) in [6, 6.07) is 4.28. The number of para-hydroxylation sites is 1. The van der Waals surface area contributed by atoms with Crippen molar-refractivity contribution >= 4 is 5.97 Å². The number of rotatable bonds is 6. The number of hydrogen-bond acceptors (Lipinski definition) is 5. The van der Waals surface area contributed by atoms with Gasteiger partial charge in [0.15, 0.2) is 11.5 Å². The molecule has 1 aromatic rings. The fraction of sp³-hybridized carbons (Fsp3) is 0.500. The number of phenolic OH excluding ortho intramolecular Hbond substituents is 2. The number of nitrogens with two attached hydrogens (primary N) is 1. The molecule has 2 atom stereocenters. The van der Waals surface area contributed by atoms with E-state index in [1.54, 1.807) is 12.1 Å². The van der Waals surface area contributed by atoms with Crippen LogP contribution in [0.1, 0.15) is 25.3 Å². The van der Waals surface area contributed by atoms with Crippen LogP contribution in [0.4, 0.5) is 0 Å². The molecule has 0 saturated heterocycles. The molecule has 106 valence electrons. The minimum atomic E-state index is -0.613. The number of esters is 1. The zero-order valence-electron chi connectivity index (χ0n) is 11.3. The maximum atomic E-state index is 11.2. The van der Waals surface area contributed by atoms with Crippen molar-refractivity contribution in [3.63, 3.8) is 0 Å². The van der Waals surface area contributed by atoms with Gasteiger partial charge in [0, 0.05) is 0 Å². The molecule has 0 aromatic heterocycles. The second-order valence-electron chi connectivity index (χ2n) is 4.79. The number of aryl methyl sites for hydroxylation is 1. The highest BCUT2D eigenvalue weighted by Gasteiger charge is 2.17. The number of carbonyl (C=O) groups is 1. The Hall–Kier alpha value is -1.75. The fourth-order valence-corrected chi connectivity index (χ4v) is 1.98. The van der Waals surface area contributed by atoms with Gasteiger partial charge in [0.25, 0.3) is 0 Å². The van der Waals surface area contributed by atoms with Crippen LogP contribution in [-0.4, -0.2) is 29.3 Å². The Bertz CT molecular complexity index is 433. The van der Waals surface area contributed by atoms with Crippen LogP contribution in [0.5, 0.6) is 11.5 Å². The van der Waals surface area contributed by atoms with Crippen LogP contribution in [0.2, 0.25) is 0 Å². The molecule has 0 aliphatic rings. The molecular weight excluding hydrogens is 246 g/mol. The maximum Gasteiger partial charge on any atom is 0.322 e. The number of hydrogen-bond donors (Lipinski definition) is 3. The maximum absolute atomic E-state index is 11.2. The summed E-state index contributed by atoms with van der Waals surface area (Å²) in [4.78, 5) is 11.2. The number of phenols is 2. The molecule has 0 radical (unpaired) electrons. The standard InChI is InChI=1S/C14H21NO4/c1-9(8-11(15)14(18)19-2)6-7-10-4-3-5-12(16)13(10)17/h3-5,9,11,16-17H,6-8,15H2,1-2H3. The largest absolute Gasteiger partial charge is 0.504 e. The molecule has 0 heterocycles. The summed E-state index contributed by atoms with van der Waals surface area (Å²) in [5, 5.41) is 19.1. The van der Waals surface area contributed by atoms with E-state index < -0.39 is 12.0 Å². The van der Waals surface area contributed by atoms with E-state index in [4.69, 9.17) is 5.73 Å². The van der Waals surface area contributed by atoms with Crippen LogP contribution in [-0.2, 0) is 16.0 Å². The van der Waals surface area contributed by atoms with Gasteiger partial charge in [-0.05, 0) is 36.8 Å². The zero-order chi connectivity index (χ0) is 14.4. The first kappa shape index (κ1) is 15.3. The van der Waals surface area contributed by atoms with E-state index in [-0.39, 0.29) is 17.4 Å². The van der Waals surface area contributed by atoms with Crippen LogP contribution in [0.3, 0.4) is 0 Å². The smallest absolute Gasteiger partial charge is 0.322 e. The number of ether oxygens (including phenoxy) is 1. The average molecular weight is 267 g/mol. The van der Waals surface area contributed by atoms with Crippen LogP contribution >= 0.6 is 0 Å². The van der Waals surface area contributed by atoms with Crippen LogP contribution in [0.15, 0.2) is 18.2 Å². The van der Waals surface area contributed by atoms with E-state index in [0.717, 1.165) is 6.42 Å². The van der Waals surface area contributed by atoms with Crippen molar-refractivity contribution in [3.05, 3.63) is 23.8 Å². The van der Waals surface area contributed by atoms with Gasteiger partial charge in [-0.2, -0.15) is 0 Å². The van der Waals surface area contributed by atoms with Gasteiger partial charge in [0.05, 0.1) is 7.11 Å². The molecule has 0 amide bonds.